The van der Waals surface area contributed by atoms with Crippen molar-refractivity contribution in [3.05, 3.63) is 35.5 Å². The van der Waals surface area contributed by atoms with Crippen LogP contribution >= 0.6 is 0 Å². The first kappa shape index (κ1) is 29.2. The summed E-state index contributed by atoms with van der Waals surface area (Å²) in [7, 11) is 1.10. The molecule has 2 aliphatic rings. The van der Waals surface area contributed by atoms with E-state index in [1.807, 2.05) is 0 Å². The zero-order valence-corrected chi connectivity index (χ0v) is 22.1. The fraction of sp³-hybridized carbons (Fsp3) is 0.520. The molecule has 10 nitrogen and oxygen atoms in total. The number of methoxy groups -OCH3 is 1. The lowest BCUT2D eigenvalue weighted by Gasteiger charge is -2.36. The molecule has 1 saturated heterocycles. The van der Waals surface area contributed by atoms with Gasteiger partial charge in [0.2, 0.25) is 6.10 Å². The summed E-state index contributed by atoms with van der Waals surface area (Å²) < 4.78 is 86.4. The first-order valence-electron chi connectivity index (χ1n) is 12.2. The van der Waals surface area contributed by atoms with Gasteiger partial charge in [-0.3, -0.25) is 5.32 Å². The summed E-state index contributed by atoms with van der Waals surface area (Å²) in [4.78, 5) is 35.6. The summed E-state index contributed by atoms with van der Waals surface area (Å²) in [6.07, 6.45) is -8.44. The molecule has 0 spiro atoms. The molecule has 2 aromatic rings. The van der Waals surface area contributed by atoms with Crippen LogP contribution in [0, 0.1) is 0 Å². The predicted octanol–water partition coefficient (Wildman–Crippen LogP) is 5.10. The highest BCUT2D eigenvalue weighted by Gasteiger charge is 2.49. The van der Waals surface area contributed by atoms with E-state index in [9.17, 15) is 22.8 Å². The van der Waals surface area contributed by atoms with Crippen molar-refractivity contribution in [2.45, 2.75) is 44.6 Å². The Bertz CT molecular complexity index is 1280. The third kappa shape index (κ3) is 6.35. The van der Waals surface area contributed by atoms with Gasteiger partial charge in [-0.2, -0.15) is 22.0 Å². The van der Waals surface area contributed by atoms with Crippen molar-refractivity contribution in [3.63, 3.8) is 0 Å². The van der Waals surface area contributed by atoms with Crippen molar-refractivity contribution < 1.29 is 45.8 Å². The maximum Gasteiger partial charge on any atom is 0.430 e. The van der Waals surface area contributed by atoms with Crippen molar-refractivity contribution >= 4 is 23.8 Å². The van der Waals surface area contributed by atoms with Crippen molar-refractivity contribution in [1.29, 1.82) is 0 Å². The first-order valence-corrected chi connectivity index (χ1v) is 12.2. The topological polar surface area (TPSA) is 106 Å². The molecule has 218 valence electrons. The zero-order valence-electron chi connectivity index (χ0n) is 22.1. The Morgan fingerprint density at radius 3 is 2.40 bits per heavy atom. The number of pyridine rings is 2. The Kier molecular flexibility index (Phi) is 7.80. The Morgan fingerprint density at radius 1 is 1.12 bits per heavy atom. The van der Waals surface area contributed by atoms with Crippen molar-refractivity contribution in [1.82, 2.24) is 14.9 Å². The van der Waals surface area contributed by atoms with E-state index in [0.717, 1.165) is 25.4 Å². The molecule has 15 heteroatoms. The number of ether oxygens (including phenoxy) is 3. The average Bonchev–Trinajstić information content (AvgIpc) is 2.86. The highest BCUT2D eigenvalue weighted by atomic mass is 19.4. The molecule has 2 aliphatic heterocycles. The molecule has 4 rings (SSSR count). The van der Waals surface area contributed by atoms with Crippen LogP contribution in [0.5, 0.6) is 0 Å². The largest absolute Gasteiger partial charge is 0.444 e. The van der Waals surface area contributed by atoms with Gasteiger partial charge in [0, 0.05) is 50.6 Å². The quantitative estimate of drug-likeness (QED) is 0.493. The zero-order chi connectivity index (χ0) is 29.5. The lowest BCUT2D eigenvalue weighted by Crippen LogP contribution is -2.50. The molecule has 2 aromatic heterocycles. The van der Waals surface area contributed by atoms with Crippen molar-refractivity contribution in [3.8, 4) is 11.3 Å². The monoisotopic (exact) mass is 573 g/mol. The Balaban J connectivity index is 1.75. The molecule has 40 heavy (non-hydrogen) atoms. The fourth-order valence-corrected chi connectivity index (χ4v) is 4.32. The van der Waals surface area contributed by atoms with E-state index in [0.29, 0.717) is 0 Å². The maximum atomic E-state index is 15.1. The molecule has 0 aliphatic carbocycles. The van der Waals surface area contributed by atoms with Gasteiger partial charge in [-0.25, -0.2) is 19.6 Å². The first-order chi connectivity index (χ1) is 18.6. The number of hydrogen-bond donors (Lipinski definition) is 1. The summed E-state index contributed by atoms with van der Waals surface area (Å²) in [6, 6.07) is 3.29. The number of piperazine rings is 1. The number of rotatable bonds is 5. The number of aromatic nitrogens is 2. The van der Waals surface area contributed by atoms with Gasteiger partial charge in [0.1, 0.15) is 23.8 Å². The van der Waals surface area contributed by atoms with Gasteiger partial charge in [0.15, 0.2) is 0 Å². The van der Waals surface area contributed by atoms with E-state index in [2.05, 4.69) is 24.8 Å². The lowest BCUT2D eigenvalue weighted by molar-refractivity contribution is -0.206. The number of carbonyl (C=O) groups excluding carboxylic acids is 2. The van der Waals surface area contributed by atoms with Crippen LogP contribution in [0.15, 0.2) is 24.4 Å². The number of nitrogens with one attached hydrogen (secondary N) is 1. The van der Waals surface area contributed by atoms with Gasteiger partial charge < -0.3 is 24.0 Å². The second-order valence-electron chi connectivity index (χ2n) is 10.3. The normalized spacial score (nSPS) is 18.1. The molecular formula is C25H28F5N5O5. The molecule has 0 aromatic carbocycles. The number of carbonyl (C=O) groups is 2. The highest BCUT2D eigenvalue weighted by molar-refractivity contribution is 5.89. The Morgan fingerprint density at radius 2 is 1.80 bits per heavy atom. The lowest BCUT2D eigenvalue weighted by atomic mass is 9.97. The number of anilines is 2. The minimum Gasteiger partial charge on any atom is -0.444 e. The van der Waals surface area contributed by atoms with E-state index >= 15 is 8.78 Å². The number of fused-ring (bicyclic) bond motifs is 1. The standard InChI is InChI=1S/C25H28F5N5O5/c1-23(2,3)40-22(37)35-9-7-34(8-10-35)17-12-14(24(26,27)13-38-4)11-16(32-17)15-5-6-31-20-18(15)19(25(28,29)30)39-21(36)33-20/h5-6,11-12,19H,7-10,13H2,1-4H3,(H,31,33,36)/t19-/m1/s1. The number of nitrogens with zero attached hydrogens (tertiary/aromatic N) is 4. The van der Waals surface area contributed by atoms with Gasteiger partial charge in [-0.15, -0.1) is 0 Å². The minimum atomic E-state index is -5.01. The molecule has 4 heterocycles. The average molecular weight is 574 g/mol. The van der Waals surface area contributed by atoms with E-state index in [-0.39, 0.29) is 43.3 Å². The van der Waals surface area contributed by atoms with Crippen LogP contribution in [0.3, 0.4) is 0 Å². The van der Waals surface area contributed by atoms with Gasteiger partial charge in [0.05, 0.1) is 11.3 Å². The predicted molar refractivity (Wildman–Crippen MR) is 132 cm³/mol. The van der Waals surface area contributed by atoms with Crippen LogP contribution in [0.4, 0.5) is 43.2 Å². The second-order valence-corrected chi connectivity index (χ2v) is 10.3. The highest BCUT2D eigenvalue weighted by Crippen LogP contribution is 2.46. The fourth-order valence-electron chi connectivity index (χ4n) is 4.32. The van der Waals surface area contributed by atoms with Crippen LogP contribution in [0.2, 0.25) is 0 Å². The molecule has 0 radical (unpaired) electrons. The van der Waals surface area contributed by atoms with Crippen molar-refractivity contribution in [2.24, 2.45) is 0 Å². The van der Waals surface area contributed by atoms with Crippen LogP contribution in [-0.4, -0.2) is 78.7 Å². The van der Waals surface area contributed by atoms with Crippen molar-refractivity contribution in [2.75, 3.05) is 50.1 Å². The second kappa shape index (κ2) is 10.7. The minimum absolute atomic E-state index is 0.0574. The van der Waals surface area contributed by atoms with E-state index in [1.54, 1.807) is 25.7 Å². The molecular weight excluding hydrogens is 545 g/mol. The molecule has 0 unspecified atom stereocenters. The molecule has 1 N–H and O–H groups in total. The molecule has 0 saturated carbocycles. The van der Waals surface area contributed by atoms with Crippen LogP contribution < -0.4 is 10.2 Å². The Labute approximate surface area is 226 Å². The van der Waals surface area contributed by atoms with Gasteiger partial charge in [-0.05, 0) is 39.0 Å². The Hall–Kier alpha value is -3.75. The smallest absolute Gasteiger partial charge is 0.430 e. The number of amides is 2. The summed E-state index contributed by atoms with van der Waals surface area (Å²) in [5.74, 6) is -3.87. The molecule has 1 fully saturated rings. The molecule has 1 atom stereocenters. The summed E-state index contributed by atoms with van der Waals surface area (Å²) >= 11 is 0. The third-order valence-corrected chi connectivity index (χ3v) is 6.09. The van der Waals surface area contributed by atoms with Crippen LogP contribution in [0.25, 0.3) is 11.3 Å². The van der Waals surface area contributed by atoms with E-state index in [1.165, 1.54) is 11.0 Å². The van der Waals surface area contributed by atoms with Gasteiger partial charge in [0.25, 0.3) is 5.92 Å². The van der Waals surface area contributed by atoms with Gasteiger partial charge >= 0.3 is 18.4 Å². The summed E-state index contributed by atoms with van der Waals surface area (Å²) in [5, 5.41) is 2.12. The number of halogens is 5. The number of cyclic esters (lactones) is 1. The van der Waals surface area contributed by atoms with Crippen LogP contribution in [-0.2, 0) is 20.1 Å². The SMILES string of the molecule is COCC(F)(F)c1cc(-c2ccnc3c2[C@H](C(F)(F)F)OC(=O)N3)nc(N2CCN(C(=O)OC(C)(C)C)CC2)c1. The van der Waals surface area contributed by atoms with Crippen LogP contribution in [0.1, 0.15) is 38.0 Å². The number of alkyl halides is 5. The van der Waals surface area contributed by atoms with E-state index < -0.39 is 59.5 Å². The maximum absolute atomic E-state index is 15.1. The molecule has 2 amide bonds. The van der Waals surface area contributed by atoms with Gasteiger partial charge in [-0.1, -0.05) is 0 Å². The third-order valence-electron chi connectivity index (χ3n) is 6.09. The summed E-state index contributed by atoms with van der Waals surface area (Å²) in [5.41, 5.74) is -2.22. The summed E-state index contributed by atoms with van der Waals surface area (Å²) in [6.45, 7) is 5.01. The molecule has 0 bridgehead atoms. The van der Waals surface area contributed by atoms with E-state index in [4.69, 9.17) is 4.74 Å². The number of hydrogen-bond acceptors (Lipinski definition) is 8.